The predicted octanol–water partition coefficient (Wildman–Crippen LogP) is 19.0. The minimum Gasteiger partial charge on any atom is -1.00 e. The standard InChI is InChI=1S/C13H21BrS.C12H18Br2S.C12H20S.C8H17.C4H3BrS.BHNS.BrH.Mg/c1-3-4-5-6-7-8-9-12-10-11(2)15-13(12)14;1-2-3-4-5-6-7-8-10-9-11(13)15-12(10)14;1-2-3-4-5-6-7-8-12-9-10-13-11-12;1-3-5-7-8-6-4-2;5-4-1-2-6-3-4;1-2-3;;/h10H,3-9H2,1-2H3;9H,2-8H2,1H3;9-11H,2-8H2,1H3;1,3-8H2,2H3;1-3H;3H;1H;/q;;;-1;;;;+2/p-1. The van der Waals surface area contributed by atoms with Gasteiger partial charge in [0.1, 0.15) is 0 Å². The molecule has 0 saturated carbocycles. The maximum atomic E-state index is 4.34. The SMILES string of the molecule is Brc1ccsc1.CCCCCCCCc1cc(Br)sc1Br.CCCCCCCCc1cc(C)sc1Br.CCCCCCCCc1ccsc1.[B]=NS.[Br-].[CH2-]CCCCCCC.[Mg+2]. The fraction of sp³-hybridized carbons (Fsp3) is 0.653. The zero-order chi connectivity index (χ0) is 44.9. The number of halogens is 5. The van der Waals surface area contributed by atoms with Gasteiger partial charge < -0.3 is 23.9 Å². The zero-order valence-corrected chi connectivity index (χ0v) is 52.6. The number of thiophene rings is 4. The van der Waals surface area contributed by atoms with Crippen molar-refractivity contribution in [2.24, 2.45) is 4.30 Å². The van der Waals surface area contributed by atoms with Crippen LogP contribution in [0.15, 0.2) is 65.9 Å². The molecule has 1 radical (unpaired) electrons. The minimum atomic E-state index is 0. The quantitative estimate of drug-likeness (QED) is 0.0278. The van der Waals surface area contributed by atoms with Gasteiger partial charge in [-0.3, -0.25) is 0 Å². The van der Waals surface area contributed by atoms with E-state index in [-0.39, 0.29) is 40.0 Å². The first-order chi connectivity index (χ1) is 29.1. The molecule has 0 N–H and O–H groups in total. The molecule has 4 aromatic rings. The van der Waals surface area contributed by atoms with E-state index >= 15 is 0 Å². The first-order valence-corrected chi connectivity index (χ1v) is 29.9. The van der Waals surface area contributed by atoms with Gasteiger partial charge in [0.15, 0.2) is 0 Å². The molecule has 62 heavy (non-hydrogen) atoms. The van der Waals surface area contributed by atoms with Crippen molar-refractivity contribution in [2.75, 3.05) is 0 Å². The molecule has 351 valence electrons. The number of aryl methyl sites for hydroxylation is 4. The van der Waals surface area contributed by atoms with E-state index in [9.17, 15) is 0 Å². The van der Waals surface area contributed by atoms with Crippen LogP contribution in [0.25, 0.3) is 0 Å². The average molecular weight is 1280 g/mol. The third kappa shape index (κ3) is 48.6. The number of unbranched alkanes of at least 4 members (excludes halogenated alkanes) is 20. The zero-order valence-electron chi connectivity index (χ0n) is 39.1. The van der Waals surface area contributed by atoms with Gasteiger partial charge >= 0.3 is 47.8 Å². The topological polar surface area (TPSA) is 12.4 Å². The average Bonchev–Trinajstić information content (AvgIpc) is 4.06. The van der Waals surface area contributed by atoms with Crippen molar-refractivity contribution in [3.8, 4) is 0 Å². The summed E-state index contributed by atoms with van der Waals surface area (Å²) < 4.78 is 7.74. The molecule has 1 nitrogen and oxygen atoms in total. The van der Waals surface area contributed by atoms with Gasteiger partial charge in [0.05, 0.1) is 11.4 Å². The summed E-state index contributed by atoms with van der Waals surface area (Å²) in [4.78, 5) is 1.42. The van der Waals surface area contributed by atoms with Crippen LogP contribution in [-0.2, 0) is 19.3 Å². The minimum absolute atomic E-state index is 0. The van der Waals surface area contributed by atoms with E-state index in [0.29, 0.717) is 0 Å². The number of hydrogen-bond acceptors (Lipinski definition) is 6. The second kappa shape index (κ2) is 55.8. The fourth-order valence-electron chi connectivity index (χ4n) is 6.02. The van der Waals surface area contributed by atoms with E-state index in [1.807, 2.05) is 39.5 Å². The summed E-state index contributed by atoms with van der Waals surface area (Å²) in [6.07, 6.45) is 36.7. The summed E-state index contributed by atoms with van der Waals surface area (Å²) in [5, 5.41) is 8.52. The molecule has 0 bridgehead atoms. The van der Waals surface area contributed by atoms with Crippen molar-refractivity contribution < 1.29 is 17.0 Å². The van der Waals surface area contributed by atoms with E-state index < -0.39 is 0 Å². The molecule has 0 atom stereocenters. The molecule has 0 spiro atoms. The second-order valence-electron chi connectivity index (χ2n) is 15.0. The molecule has 0 aliphatic carbocycles. The summed E-state index contributed by atoms with van der Waals surface area (Å²) in [6, 6.07) is 8.82. The van der Waals surface area contributed by atoms with Crippen LogP contribution >= 0.6 is 122 Å². The van der Waals surface area contributed by atoms with Crippen LogP contribution in [0.4, 0.5) is 0 Å². The van der Waals surface area contributed by atoms with Crippen molar-refractivity contribution in [2.45, 2.75) is 208 Å². The van der Waals surface area contributed by atoms with Crippen LogP contribution in [0, 0.1) is 13.8 Å². The van der Waals surface area contributed by atoms with Gasteiger partial charge in [0.2, 0.25) is 0 Å². The first-order valence-electron chi connectivity index (χ1n) is 22.8. The van der Waals surface area contributed by atoms with E-state index in [4.69, 9.17) is 0 Å². The molecule has 4 aromatic heterocycles. The van der Waals surface area contributed by atoms with E-state index in [0.717, 1.165) is 6.42 Å². The van der Waals surface area contributed by atoms with Gasteiger partial charge in [-0.1, -0.05) is 156 Å². The van der Waals surface area contributed by atoms with Crippen molar-refractivity contribution >= 4 is 153 Å². The Kier molecular flexibility index (Phi) is 63.6. The van der Waals surface area contributed by atoms with Gasteiger partial charge in [-0.2, -0.15) is 29.1 Å². The van der Waals surface area contributed by atoms with Gasteiger partial charge in [-0.15, -0.1) is 22.7 Å². The smallest absolute Gasteiger partial charge is 1.00 e. The Balaban J connectivity index is -0.000000341. The van der Waals surface area contributed by atoms with Gasteiger partial charge in [0.25, 0.3) is 0 Å². The summed E-state index contributed by atoms with van der Waals surface area (Å²) in [5.41, 5.74) is 4.50. The maximum Gasteiger partial charge on any atom is 2.00 e. The van der Waals surface area contributed by atoms with Crippen molar-refractivity contribution in [1.29, 1.82) is 0 Å². The normalized spacial score (nSPS) is 9.77. The molecule has 13 heteroatoms. The van der Waals surface area contributed by atoms with Crippen molar-refractivity contribution in [3.63, 3.8) is 0 Å². The summed E-state index contributed by atoms with van der Waals surface area (Å²) >= 11 is 24.4. The summed E-state index contributed by atoms with van der Waals surface area (Å²) in [7, 11) is 4.34. The van der Waals surface area contributed by atoms with Gasteiger partial charge in [-0.05, 0) is 166 Å². The Labute approximate surface area is 466 Å². The van der Waals surface area contributed by atoms with Crippen LogP contribution < -0.4 is 17.0 Å². The van der Waals surface area contributed by atoms with Crippen LogP contribution in [0.1, 0.15) is 203 Å². The molecule has 0 amide bonds. The Bertz CT molecular complexity index is 1360. The molecule has 0 saturated heterocycles. The molecule has 4 heterocycles. The molecular weight excluding hydrogens is 1200 g/mol. The third-order valence-electron chi connectivity index (χ3n) is 9.45. The van der Waals surface area contributed by atoms with E-state index in [1.165, 1.54) is 204 Å². The first kappa shape index (κ1) is 70.7. The van der Waals surface area contributed by atoms with Crippen molar-refractivity contribution in [3.05, 3.63) is 90.1 Å². The van der Waals surface area contributed by atoms with E-state index in [2.05, 4.69) is 159 Å². The van der Waals surface area contributed by atoms with Crippen molar-refractivity contribution in [1.82, 2.24) is 0 Å². The molecule has 0 aliphatic rings. The largest absolute Gasteiger partial charge is 2.00 e. The summed E-state index contributed by atoms with van der Waals surface area (Å²) in [6.45, 7) is 15.0. The molecule has 4 rings (SSSR count). The molecule has 0 unspecified atom stereocenters. The molecule has 0 aromatic carbocycles. The van der Waals surface area contributed by atoms with Crippen LogP contribution in [-0.4, -0.2) is 30.7 Å². The van der Waals surface area contributed by atoms with Crippen LogP contribution in [0.2, 0.25) is 0 Å². The Morgan fingerprint density at radius 2 is 0.952 bits per heavy atom. The monoisotopic (exact) mass is 1270 g/mol. The van der Waals surface area contributed by atoms with Crippen LogP contribution in [0.5, 0.6) is 0 Å². The number of thiol groups is 1. The molecular formula is C49H80BBr5MgNS5. The van der Waals surface area contributed by atoms with Crippen LogP contribution in [0.3, 0.4) is 0 Å². The second-order valence-corrected chi connectivity index (χ2v) is 24.0. The fourth-order valence-corrected chi connectivity index (χ4v) is 12.6. The van der Waals surface area contributed by atoms with E-state index in [1.54, 1.807) is 22.7 Å². The maximum absolute atomic E-state index is 4.34. The number of nitrogens with zero attached hydrogens (tertiary/aromatic N) is 1. The van der Waals surface area contributed by atoms with Gasteiger partial charge in [-0.25, -0.2) is 0 Å². The Hall–Kier alpha value is 2.18. The number of hydrogen-bond donors (Lipinski definition) is 1. The van der Waals surface area contributed by atoms with Gasteiger partial charge in [0, 0.05) is 14.7 Å². The molecule has 0 fully saturated rings. The Morgan fingerprint density at radius 1 is 0.565 bits per heavy atom. The molecule has 0 aliphatic heterocycles. The third-order valence-corrected chi connectivity index (χ3v) is 16.0. The predicted molar refractivity (Wildman–Crippen MR) is 306 cm³/mol. The Morgan fingerprint density at radius 3 is 1.27 bits per heavy atom. The number of rotatable bonds is 26. The summed E-state index contributed by atoms with van der Waals surface area (Å²) in [5.74, 6) is 0.